The maximum Gasteiger partial charge on any atom is 0.0991 e. The van der Waals surface area contributed by atoms with Crippen molar-refractivity contribution in [2.75, 3.05) is 7.05 Å². The predicted octanol–water partition coefficient (Wildman–Crippen LogP) is 4.63. The van der Waals surface area contributed by atoms with Crippen LogP contribution in [0.5, 0.6) is 0 Å². The maximum atomic E-state index is 9.54. The number of hydrogen-bond acceptors (Lipinski definition) is 3. The van der Waals surface area contributed by atoms with Crippen LogP contribution < -0.4 is 0 Å². The zero-order valence-corrected chi connectivity index (χ0v) is 15.4. The van der Waals surface area contributed by atoms with Crippen molar-refractivity contribution in [2.45, 2.75) is 25.8 Å². The van der Waals surface area contributed by atoms with Gasteiger partial charge in [0.2, 0.25) is 0 Å². The molecule has 0 bridgehead atoms. The summed E-state index contributed by atoms with van der Waals surface area (Å²) in [5.41, 5.74) is 3.98. The Labute approximate surface area is 155 Å². The highest BCUT2D eigenvalue weighted by molar-refractivity contribution is 5.68. The molecule has 130 valence electrons. The molecule has 2 rings (SSSR count). The topological polar surface area (TPSA) is 63.2 Å². The van der Waals surface area contributed by atoms with E-state index in [0.29, 0.717) is 12.1 Å². The first kappa shape index (κ1) is 19.0. The smallest absolute Gasteiger partial charge is 0.0991 e. The second-order valence-electron chi connectivity index (χ2n) is 6.71. The van der Waals surface area contributed by atoms with Crippen LogP contribution in [0.2, 0.25) is 0 Å². The average molecular weight is 342 g/mol. The molecule has 0 N–H and O–H groups in total. The van der Waals surface area contributed by atoms with Crippen molar-refractivity contribution in [3.8, 4) is 23.3 Å². The summed E-state index contributed by atoms with van der Waals surface area (Å²) in [6.45, 7) is 8.05. The van der Waals surface area contributed by atoms with Crippen LogP contribution >= 0.6 is 0 Å². The molecule has 0 aliphatic heterocycles. The zero-order chi connectivity index (χ0) is 19.2. The second-order valence-corrected chi connectivity index (χ2v) is 6.71. The van der Waals surface area contributed by atoms with E-state index in [4.69, 9.17) is 5.26 Å². The monoisotopic (exact) mass is 342 g/mol. The Morgan fingerprint density at radius 3 is 2.58 bits per heavy atom. The van der Waals surface area contributed by atoms with Gasteiger partial charge in [0.1, 0.15) is 0 Å². The minimum atomic E-state index is -0.606. The number of benzene rings is 2. The van der Waals surface area contributed by atoms with Gasteiger partial charge in [-0.3, -0.25) is 0 Å². The van der Waals surface area contributed by atoms with Gasteiger partial charge in [-0.05, 0) is 60.4 Å². The van der Waals surface area contributed by atoms with Crippen LogP contribution in [0.3, 0.4) is 0 Å². The van der Waals surface area contributed by atoms with E-state index in [-0.39, 0.29) is 0 Å². The summed E-state index contributed by atoms with van der Waals surface area (Å²) in [5.74, 6) is 0. The first-order valence-corrected chi connectivity index (χ1v) is 8.30. The fourth-order valence-electron chi connectivity index (χ4n) is 2.63. The summed E-state index contributed by atoms with van der Waals surface area (Å²) < 4.78 is 0. The molecular weight excluding hydrogens is 320 g/mol. The van der Waals surface area contributed by atoms with Gasteiger partial charge < -0.3 is 4.90 Å². The summed E-state index contributed by atoms with van der Waals surface area (Å²) in [4.78, 5) is 5.99. The molecule has 0 amide bonds. The predicted molar refractivity (Wildman–Crippen MR) is 105 cm³/mol. The second kappa shape index (κ2) is 8.14. The van der Waals surface area contributed by atoms with Gasteiger partial charge in [-0.1, -0.05) is 24.8 Å². The molecule has 0 saturated carbocycles. The highest BCUT2D eigenvalue weighted by Crippen LogP contribution is 2.30. The van der Waals surface area contributed by atoms with Crippen LogP contribution in [-0.4, -0.2) is 18.3 Å². The van der Waals surface area contributed by atoms with Crippen molar-refractivity contribution in [1.82, 2.24) is 4.90 Å². The van der Waals surface area contributed by atoms with Gasteiger partial charge in [0.25, 0.3) is 0 Å². The SMILES string of the molecule is C=CN=CN(C)Cc1cc(-c2cccc(C#N)c2)cc(C(C)(C)C#N)c1. The third-order valence-corrected chi connectivity index (χ3v) is 4.12. The summed E-state index contributed by atoms with van der Waals surface area (Å²) in [5, 5.41) is 18.7. The van der Waals surface area contributed by atoms with Gasteiger partial charge in [0.15, 0.2) is 0 Å². The Kier molecular flexibility index (Phi) is 5.94. The van der Waals surface area contributed by atoms with Gasteiger partial charge in [0, 0.05) is 19.8 Å². The molecule has 0 radical (unpaired) electrons. The molecule has 0 atom stereocenters. The summed E-state index contributed by atoms with van der Waals surface area (Å²) in [6.07, 6.45) is 3.20. The molecule has 0 unspecified atom stereocenters. The molecule has 4 heteroatoms. The van der Waals surface area contributed by atoms with Crippen molar-refractivity contribution >= 4 is 6.34 Å². The number of hydrogen-bond donors (Lipinski definition) is 0. The van der Waals surface area contributed by atoms with Gasteiger partial charge >= 0.3 is 0 Å². The molecule has 0 aliphatic rings. The molecule has 0 aliphatic carbocycles. The van der Waals surface area contributed by atoms with Gasteiger partial charge in [-0.15, -0.1) is 0 Å². The van der Waals surface area contributed by atoms with Crippen LogP contribution in [-0.2, 0) is 12.0 Å². The Balaban J connectivity index is 2.54. The molecule has 4 nitrogen and oxygen atoms in total. The minimum Gasteiger partial charge on any atom is -0.361 e. The lowest BCUT2D eigenvalue weighted by Gasteiger charge is -2.21. The lowest BCUT2D eigenvalue weighted by atomic mass is 9.83. The maximum absolute atomic E-state index is 9.54. The molecule has 0 spiro atoms. The van der Waals surface area contributed by atoms with Gasteiger partial charge in [0.05, 0.1) is 29.5 Å². The van der Waals surface area contributed by atoms with E-state index in [1.165, 1.54) is 6.20 Å². The first-order valence-electron chi connectivity index (χ1n) is 8.30. The number of nitriles is 2. The van der Waals surface area contributed by atoms with Crippen LogP contribution in [0.1, 0.15) is 30.5 Å². The lowest BCUT2D eigenvalue weighted by molar-refractivity contribution is 0.515. The van der Waals surface area contributed by atoms with Gasteiger partial charge in [-0.25, -0.2) is 4.99 Å². The largest absolute Gasteiger partial charge is 0.361 e. The van der Waals surface area contributed by atoms with Crippen LogP contribution in [0.15, 0.2) is 60.2 Å². The average Bonchev–Trinajstić information content (AvgIpc) is 2.66. The van der Waals surface area contributed by atoms with Crippen LogP contribution in [0.4, 0.5) is 0 Å². The molecule has 26 heavy (non-hydrogen) atoms. The van der Waals surface area contributed by atoms with Crippen molar-refractivity contribution in [2.24, 2.45) is 4.99 Å². The van der Waals surface area contributed by atoms with E-state index in [0.717, 1.165) is 22.3 Å². The Morgan fingerprint density at radius 2 is 1.92 bits per heavy atom. The standard InChI is InChI=1S/C22H22N4/c1-5-25-16-26(4)14-18-10-20(12-21(11-18)22(2,3)15-24)19-8-6-7-17(9-19)13-23/h5-12,16H,1,14H2,2-4H3. The van der Waals surface area contributed by atoms with E-state index in [2.05, 4.69) is 35.8 Å². The molecule has 0 saturated heterocycles. The van der Waals surface area contributed by atoms with E-state index < -0.39 is 5.41 Å². The number of rotatable bonds is 6. The summed E-state index contributed by atoms with van der Waals surface area (Å²) in [7, 11) is 1.94. The van der Waals surface area contributed by atoms with E-state index >= 15 is 0 Å². The number of aliphatic imine (C=N–C) groups is 1. The zero-order valence-electron chi connectivity index (χ0n) is 15.4. The number of nitrogens with zero attached hydrogens (tertiary/aromatic N) is 4. The molecule has 2 aromatic rings. The molecule has 0 aromatic heterocycles. The van der Waals surface area contributed by atoms with E-state index in [1.807, 2.05) is 50.1 Å². The molecule has 0 heterocycles. The fraction of sp³-hybridized carbons (Fsp3) is 0.227. The highest BCUT2D eigenvalue weighted by Gasteiger charge is 2.21. The van der Waals surface area contributed by atoms with Crippen molar-refractivity contribution in [1.29, 1.82) is 10.5 Å². The molecule has 0 fully saturated rings. The minimum absolute atomic E-state index is 0.606. The highest BCUT2D eigenvalue weighted by atomic mass is 15.1. The van der Waals surface area contributed by atoms with Crippen LogP contribution in [0.25, 0.3) is 11.1 Å². The Morgan fingerprint density at radius 1 is 1.15 bits per heavy atom. The van der Waals surface area contributed by atoms with Crippen molar-refractivity contribution < 1.29 is 0 Å². The van der Waals surface area contributed by atoms with Gasteiger partial charge in [-0.2, -0.15) is 10.5 Å². The van der Waals surface area contributed by atoms with Crippen LogP contribution in [0, 0.1) is 22.7 Å². The van der Waals surface area contributed by atoms with E-state index in [1.54, 1.807) is 12.4 Å². The van der Waals surface area contributed by atoms with E-state index in [9.17, 15) is 5.26 Å². The third kappa shape index (κ3) is 4.59. The molecular formula is C22H22N4. The quantitative estimate of drug-likeness (QED) is 0.568. The van der Waals surface area contributed by atoms with Crippen molar-refractivity contribution in [3.05, 3.63) is 71.9 Å². The summed E-state index contributed by atoms with van der Waals surface area (Å²) in [6, 6.07) is 18.2. The first-order chi connectivity index (χ1) is 12.4. The summed E-state index contributed by atoms with van der Waals surface area (Å²) >= 11 is 0. The Bertz CT molecular complexity index is 910. The lowest BCUT2D eigenvalue weighted by Crippen LogP contribution is -2.18. The van der Waals surface area contributed by atoms with Crippen molar-refractivity contribution in [3.63, 3.8) is 0 Å². The normalized spacial score (nSPS) is 11.0. The Hall–Kier alpha value is -3.37. The molecule has 2 aromatic carbocycles. The fourth-order valence-corrected chi connectivity index (χ4v) is 2.63. The third-order valence-electron chi connectivity index (χ3n) is 4.12.